The number of carboxylic acid groups (broad SMARTS) is 1. The van der Waals surface area contributed by atoms with Crippen LogP contribution in [-0.4, -0.2) is 28.2 Å². The molecule has 16 heavy (non-hydrogen) atoms. The van der Waals surface area contributed by atoms with E-state index in [1.807, 2.05) is 0 Å². The summed E-state index contributed by atoms with van der Waals surface area (Å²) in [5.41, 5.74) is 0.978. The van der Waals surface area contributed by atoms with E-state index in [4.69, 9.17) is 9.84 Å². The van der Waals surface area contributed by atoms with Gasteiger partial charge in [0.15, 0.2) is 0 Å². The van der Waals surface area contributed by atoms with Gasteiger partial charge >= 0.3 is 5.97 Å². The van der Waals surface area contributed by atoms with Crippen LogP contribution in [0.1, 0.15) is 9.67 Å². The Morgan fingerprint density at radius 3 is 2.88 bits per heavy atom. The van der Waals surface area contributed by atoms with Crippen molar-refractivity contribution in [2.45, 2.75) is 0 Å². The fourth-order valence-corrected chi connectivity index (χ4v) is 2.05. The van der Waals surface area contributed by atoms with Crippen LogP contribution in [0.3, 0.4) is 0 Å². The van der Waals surface area contributed by atoms with Gasteiger partial charge in [-0.05, 0) is 11.4 Å². The molecule has 5 nitrogen and oxygen atoms in total. The number of aromatic carboxylic acids is 1. The molecule has 0 aliphatic carbocycles. The first kappa shape index (κ1) is 10.6. The zero-order valence-electron chi connectivity index (χ0n) is 8.38. The highest BCUT2D eigenvalue weighted by Gasteiger charge is 2.18. The maximum atomic E-state index is 11.0. The molecular weight excluding hydrogens is 228 g/mol. The molecule has 2 aromatic heterocycles. The predicted molar refractivity (Wildman–Crippen MR) is 58.9 cm³/mol. The Morgan fingerprint density at radius 1 is 1.44 bits per heavy atom. The lowest BCUT2D eigenvalue weighted by molar-refractivity contribution is 0.0703. The highest BCUT2D eigenvalue weighted by Crippen LogP contribution is 2.31. The molecule has 0 aromatic carbocycles. The summed E-state index contributed by atoms with van der Waals surface area (Å²) >= 11 is 1.15. The standard InChI is InChI=1S/C10H8N2O3S/c1-15-9-7(11-3-4-12-9)6-2-5-16-8(6)10(13)14/h2-5H,1H3,(H,13,14). The number of carboxylic acids is 1. The third-order valence-corrected chi connectivity index (χ3v) is 2.88. The minimum atomic E-state index is -0.974. The normalized spacial score (nSPS) is 10.1. The van der Waals surface area contributed by atoms with E-state index in [1.165, 1.54) is 19.5 Å². The highest BCUT2D eigenvalue weighted by molar-refractivity contribution is 7.12. The van der Waals surface area contributed by atoms with Gasteiger partial charge in [-0.2, -0.15) is 0 Å². The number of hydrogen-bond acceptors (Lipinski definition) is 5. The number of aromatic nitrogens is 2. The third-order valence-electron chi connectivity index (χ3n) is 1.97. The molecule has 2 heterocycles. The lowest BCUT2D eigenvalue weighted by Crippen LogP contribution is -1.98. The quantitative estimate of drug-likeness (QED) is 0.881. The summed E-state index contributed by atoms with van der Waals surface area (Å²) in [5.74, 6) is -0.652. The summed E-state index contributed by atoms with van der Waals surface area (Å²) in [6.45, 7) is 0. The predicted octanol–water partition coefficient (Wildman–Crippen LogP) is 1.91. The second kappa shape index (κ2) is 4.28. The van der Waals surface area contributed by atoms with Gasteiger partial charge in [0.2, 0.25) is 5.88 Å². The molecule has 0 radical (unpaired) electrons. The molecule has 0 saturated carbocycles. The average Bonchev–Trinajstić information content (AvgIpc) is 2.77. The first-order valence-electron chi connectivity index (χ1n) is 4.40. The lowest BCUT2D eigenvalue weighted by atomic mass is 10.2. The number of methoxy groups -OCH3 is 1. The molecule has 1 N–H and O–H groups in total. The lowest BCUT2D eigenvalue weighted by Gasteiger charge is -2.04. The van der Waals surface area contributed by atoms with E-state index in [0.717, 1.165) is 11.3 Å². The van der Waals surface area contributed by atoms with Crippen LogP contribution < -0.4 is 4.74 Å². The average molecular weight is 236 g/mol. The van der Waals surface area contributed by atoms with Crippen LogP contribution in [0.15, 0.2) is 23.8 Å². The summed E-state index contributed by atoms with van der Waals surface area (Å²) < 4.78 is 5.04. The molecular formula is C10H8N2O3S. The van der Waals surface area contributed by atoms with Crippen molar-refractivity contribution >= 4 is 17.3 Å². The number of hydrogen-bond donors (Lipinski definition) is 1. The van der Waals surface area contributed by atoms with Crippen molar-refractivity contribution in [2.75, 3.05) is 7.11 Å². The summed E-state index contributed by atoms with van der Waals surface area (Å²) in [5, 5.41) is 10.7. The van der Waals surface area contributed by atoms with Crippen molar-refractivity contribution < 1.29 is 14.6 Å². The topological polar surface area (TPSA) is 72.3 Å². The van der Waals surface area contributed by atoms with Crippen molar-refractivity contribution in [1.29, 1.82) is 0 Å². The molecule has 0 saturated heterocycles. The fraction of sp³-hybridized carbons (Fsp3) is 0.100. The second-order valence-electron chi connectivity index (χ2n) is 2.88. The molecule has 2 aromatic rings. The largest absolute Gasteiger partial charge is 0.479 e. The number of ether oxygens (including phenoxy) is 1. The van der Waals surface area contributed by atoms with Gasteiger partial charge in [0.05, 0.1) is 7.11 Å². The monoisotopic (exact) mass is 236 g/mol. The number of rotatable bonds is 3. The van der Waals surface area contributed by atoms with Crippen molar-refractivity contribution in [1.82, 2.24) is 9.97 Å². The summed E-state index contributed by atoms with van der Waals surface area (Å²) in [7, 11) is 1.47. The Bertz CT molecular complexity index is 524. The van der Waals surface area contributed by atoms with Crippen molar-refractivity contribution in [3.63, 3.8) is 0 Å². The Hall–Kier alpha value is -1.95. The van der Waals surface area contributed by atoms with Crippen LogP contribution in [0.2, 0.25) is 0 Å². The zero-order valence-corrected chi connectivity index (χ0v) is 9.19. The molecule has 0 unspecified atom stereocenters. The summed E-state index contributed by atoms with van der Waals surface area (Å²) in [4.78, 5) is 19.3. The minimum absolute atomic E-state index is 0.235. The van der Waals surface area contributed by atoms with Crippen LogP contribution in [0.5, 0.6) is 5.88 Å². The van der Waals surface area contributed by atoms with Gasteiger partial charge in [-0.25, -0.2) is 14.8 Å². The van der Waals surface area contributed by atoms with Crippen molar-refractivity contribution in [3.05, 3.63) is 28.7 Å². The van der Waals surface area contributed by atoms with E-state index >= 15 is 0 Å². The van der Waals surface area contributed by atoms with E-state index < -0.39 is 5.97 Å². The number of carbonyl (C=O) groups is 1. The minimum Gasteiger partial charge on any atom is -0.479 e. The highest BCUT2D eigenvalue weighted by atomic mass is 32.1. The molecule has 2 rings (SSSR count). The van der Waals surface area contributed by atoms with E-state index in [9.17, 15) is 4.79 Å². The molecule has 82 valence electrons. The molecule has 0 bridgehead atoms. The van der Waals surface area contributed by atoms with Crippen molar-refractivity contribution in [2.24, 2.45) is 0 Å². The molecule has 6 heteroatoms. The SMILES string of the molecule is COc1nccnc1-c1ccsc1C(=O)O. The van der Waals surface area contributed by atoms with E-state index in [2.05, 4.69) is 9.97 Å². The molecule has 0 atom stereocenters. The molecule has 0 amide bonds. The van der Waals surface area contributed by atoms with Crippen LogP contribution in [0.25, 0.3) is 11.3 Å². The summed E-state index contributed by atoms with van der Waals surface area (Å²) in [6, 6.07) is 1.70. The van der Waals surface area contributed by atoms with E-state index in [-0.39, 0.29) is 4.88 Å². The molecule has 0 aliphatic heterocycles. The number of thiophene rings is 1. The van der Waals surface area contributed by atoms with Crippen LogP contribution >= 0.6 is 11.3 Å². The van der Waals surface area contributed by atoms with Gasteiger partial charge < -0.3 is 9.84 Å². The maximum Gasteiger partial charge on any atom is 0.346 e. The van der Waals surface area contributed by atoms with E-state index in [0.29, 0.717) is 17.1 Å². The first-order valence-corrected chi connectivity index (χ1v) is 5.28. The third kappa shape index (κ3) is 1.74. The van der Waals surface area contributed by atoms with Gasteiger partial charge in [0, 0.05) is 18.0 Å². The van der Waals surface area contributed by atoms with E-state index in [1.54, 1.807) is 11.4 Å². The van der Waals surface area contributed by atoms with Gasteiger partial charge in [-0.3, -0.25) is 0 Å². The molecule has 0 fully saturated rings. The Morgan fingerprint density at radius 2 is 2.19 bits per heavy atom. The fourth-order valence-electron chi connectivity index (χ4n) is 1.32. The van der Waals surface area contributed by atoms with Gasteiger partial charge in [-0.15, -0.1) is 11.3 Å². The summed E-state index contributed by atoms with van der Waals surface area (Å²) in [6.07, 6.45) is 3.00. The Balaban J connectivity index is 2.58. The smallest absolute Gasteiger partial charge is 0.346 e. The molecule has 0 aliphatic rings. The first-order chi connectivity index (χ1) is 7.74. The van der Waals surface area contributed by atoms with Gasteiger partial charge in [0.1, 0.15) is 10.6 Å². The number of nitrogens with zero attached hydrogens (tertiary/aromatic N) is 2. The van der Waals surface area contributed by atoms with Crippen LogP contribution in [0, 0.1) is 0 Å². The Kier molecular flexibility index (Phi) is 2.82. The van der Waals surface area contributed by atoms with Gasteiger partial charge in [0.25, 0.3) is 0 Å². The maximum absolute atomic E-state index is 11.0. The van der Waals surface area contributed by atoms with Crippen molar-refractivity contribution in [3.8, 4) is 17.1 Å². The van der Waals surface area contributed by atoms with Crippen LogP contribution in [0.4, 0.5) is 0 Å². The Labute approximate surface area is 95.4 Å². The second-order valence-corrected chi connectivity index (χ2v) is 3.80. The molecule has 0 spiro atoms. The van der Waals surface area contributed by atoms with Crippen LogP contribution in [-0.2, 0) is 0 Å². The van der Waals surface area contributed by atoms with Gasteiger partial charge in [-0.1, -0.05) is 0 Å². The zero-order chi connectivity index (χ0) is 11.5.